The number of hydrogen-bond donors (Lipinski definition) is 2. The molecule has 108 valence electrons. The van der Waals surface area contributed by atoms with E-state index >= 15 is 0 Å². The summed E-state index contributed by atoms with van der Waals surface area (Å²) >= 11 is 0. The zero-order valence-corrected chi connectivity index (χ0v) is 11.9. The fourth-order valence-electron chi connectivity index (χ4n) is 1.45. The first-order chi connectivity index (χ1) is 8.62. The summed E-state index contributed by atoms with van der Waals surface area (Å²) < 4.78 is 52.9. The number of rotatable bonds is 5. The maximum absolute atomic E-state index is 13.5. The zero-order valence-electron chi connectivity index (χ0n) is 11.1. The molecule has 0 fully saturated rings. The summed E-state index contributed by atoms with van der Waals surface area (Å²) in [6, 6.07) is 2.32. The maximum Gasteiger partial charge on any atom is 0.244 e. The third kappa shape index (κ3) is 3.49. The lowest BCUT2D eigenvalue weighted by Gasteiger charge is -2.33. The van der Waals surface area contributed by atoms with Crippen LogP contribution in [-0.4, -0.2) is 20.5 Å². The van der Waals surface area contributed by atoms with Gasteiger partial charge in [-0.15, -0.1) is 0 Å². The first kappa shape index (κ1) is 16.0. The number of halogens is 2. The van der Waals surface area contributed by atoms with Gasteiger partial charge < -0.3 is 5.73 Å². The topological polar surface area (TPSA) is 72.2 Å². The molecule has 0 saturated heterocycles. The van der Waals surface area contributed by atoms with Gasteiger partial charge in [-0.2, -0.15) is 0 Å². The molecule has 1 aromatic carbocycles. The van der Waals surface area contributed by atoms with Crippen molar-refractivity contribution < 1.29 is 17.2 Å². The van der Waals surface area contributed by atoms with E-state index in [0.29, 0.717) is 6.07 Å². The fourth-order valence-corrected chi connectivity index (χ4v) is 3.06. The van der Waals surface area contributed by atoms with E-state index in [1.54, 1.807) is 20.8 Å². The zero-order chi connectivity index (χ0) is 14.8. The number of benzene rings is 1. The second-order valence-electron chi connectivity index (χ2n) is 4.96. The van der Waals surface area contributed by atoms with Crippen molar-refractivity contribution in [1.82, 2.24) is 4.72 Å². The van der Waals surface area contributed by atoms with E-state index in [2.05, 4.69) is 4.72 Å². The van der Waals surface area contributed by atoms with Crippen LogP contribution in [0.4, 0.5) is 8.78 Å². The van der Waals surface area contributed by atoms with E-state index in [1.165, 1.54) is 0 Å². The molecular formula is C12H18F2N2O2S. The van der Waals surface area contributed by atoms with Crippen LogP contribution in [0.25, 0.3) is 0 Å². The van der Waals surface area contributed by atoms with Crippen molar-refractivity contribution >= 4 is 10.0 Å². The highest BCUT2D eigenvalue weighted by Crippen LogP contribution is 2.21. The quantitative estimate of drug-likeness (QED) is 0.866. The maximum atomic E-state index is 13.5. The highest BCUT2D eigenvalue weighted by Gasteiger charge is 2.33. The number of nitrogens with two attached hydrogens (primary N) is 1. The third-order valence-electron chi connectivity index (χ3n) is 3.25. The monoisotopic (exact) mass is 292 g/mol. The Labute approximate surface area is 112 Å². The van der Waals surface area contributed by atoms with Crippen molar-refractivity contribution in [2.24, 2.45) is 11.7 Å². The molecule has 0 radical (unpaired) electrons. The summed E-state index contributed by atoms with van der Waals surface area (Å²) in [7, 11) is -4.09. The summed E-state index contributed by atoms with van der Waals surface area (Å²) in [5, 5.41) is 0. The van der Waals surface area contributed by atoms with Crippen molar-refractivity contribution in [3.63, 3.8) is 0 Å². The molecule has 0 bridgehead atoms. The normalized spacial score (nSPS) is 15.5. The Kier molecular flexibility index (Phi) is 4.65. The minimum absolute atomic E-state index is 0.0622. The van der Waals surface area contributed by atoms with Crippen LogP contribution in [-0.2, 0) is 10.0 Å². The highest BCUT2D eigenvalue weighted by atomic mass is 32.2. The summed E-state index contributed by atoms with van der Waals surface area (Å²) in [5.74, 6) is -2.05. The Balaban J connectivity index is 3.18. The van der Waals surface area contributed by atoms with Gasteiger partial charge in [0.25, 0.3) is 0 Å². The van der Waals surface area contributed by atoms with Crippen LogP contribution in [0.2, 0.25) is 0 Å². The standard InChI is InChI=1S/C12H18F2N2O2S/c1-8(2)12(3,7-15)16-19(17,18)11-5-4-9(13)6-10(11)14/h4-6,8,16H,7,15H2,1-3H3. The first-order valence-corrected chi connectivity index (χ1v) is 7.30. The molecule has 0 heterocycles. The Bertz CT molecular complexity index is 561. The minimum atomic E-state index is -4.09. The van der Waals surface area contributed by atoms with Gasteiger partial charge in [0.05, 0.1) is 0 Å². The van der Waals surface area contributed by atoms with Gasteiger partial charge in [0.2, 0.25) is 10.0 Å². The minimum Gasteiger partial charge on any atom is -0.329 e. The fraction of sp³-hybridized carbons (Fsp3) is 0.500. The molecule has 7 heteroatoms. The van der Waals surface area contributed by atoms with E-state index in [1.807, 2.05) is 0 Å². The molecule has 0 aromatic heterocycles. The molecule has 0 saturated carbocycles. The van der Waals surface area contributed by atoms with Crippen LogP contribution < -0.4 is 10.5 Å². The van der Waals surface area contributed by atoms with Gasteiger partial charge in [-0.05, 0) is 25.0 Å². The Morgan fingerprint density at radius 2 is 1.95 bits per heavy atom. The van der Waals surface area contributed by atoms with Crippen molar-refractivity contribution in [1.29, 1.82) is 0 Å². The summed E-state index contributed by atoms with van der Waals surface area (Å²) in [4.78, 5) is -0.589. The van der Waals surface area contributed by atoms with E-state index in [9.17, 15) is 17.2 Å². The van der Waals surface area contributed by atoms with Crippen LogP contribution in [0.3, 0.4) is 0 Å². The van der Waals surface area contributed by atoms with Crippen molar-refractivity contribution in [3.05, 3.63) is 29.8 Å². The van der Waals surface area contributed by atoms with E-state index in [-0.39, 0.29) is 12.5 Å². The van der Waals surface area contributed by atoms with Gasteiger partial charge in [-0.3, -0.25) is 0 Å². The van der Waals surface area contributed by atoms with Crippen LogP contribution >= 0.6 is 0 Å². The van der Waals surface area contributed by atoms with Gasteiger partial charge >= 0.3 is 0 Å². The molecular weight excluding hydrogens is 274 g/mol. The molecule has 4 nitrogen and oxygen atoms in total. The predicted octanol–water partition coefficient (Wildman–Crippen LogP) is 1.62. The average molecular weight is 292 g/mol. The molecule has 0 aliphatic carbocycles. The summed E-state index contributed by atoms with van der Waals surface area (Å²) in [5.41, 5.74) is 4.67. The Morgan fingerprint density at radius 1 is 1.37 bits per heavy atom. The SMILES string of the molecule is CC(C)C(C)(CN)NS(=O)(=O)c1ccc(F)cc1F. The number of nitrogens with one attached hydrogen (secondary N) is 1. The Morgan fingerprint density at radius 3 is 2.37 bits per heavy atom. The molecule has 0 aliphatic heterocycles. The van der Waals surface area contributed by atoms with Crippen LogP contribution in [0, 0.1) is 17.6 Å². The van der Waals surface area contributed by atoms with E-state index in [0.717, 1.165) is 12.1 Å². The Hall–Kier alpha value is -1.05. The van der Waals surface area contributed by atoms with Crippen molar-refractivity contribution in [2.75, 3.05) is 6.54 Å². The summed E-state index contributed by atoms with van der Waals surface area (Å²) in [6.07, 6.45) is 0. The first-order valence-electron chi connectivity index (χ1n) is 5.81. The molecule has 19 heavy (non-hydrogen) atoms. The lowest BCUT2D eigenvalue weighted by Crippen LogP contribution is -2.54. The van der Waals surface area contributed by atoms with Crippen LogP contribution in [0.1, 0.15) is 20.8 Å². The van der Waals surface area contributed by atoms with Crippen LogP contribution in [0.15, 0.2) is 23.1 Å². The lowest BCUT2D eigenvalue weighted by molar-refractivity contribution is 0.314. The van der Waals surface area contributed by atoms with Gasteiger partial charge in [0.15, 0.2) is 0 Å². The molecule has 1 atom stereocenters. The number of hydrogen-bond acceptors (Lipinski definition) is 3. The number of sulfonamides is 1. The molecule has 1 aromatic rings. The van der Waals surface area contributed by atoms with Crippen molar-refractivity contribution in [3.8, 4) is 0 Å². The van der Waals surface area contributed by atoms with Gasteiger partial charge in [-0.1, -0.05) is 13.8 Å². The predicted molar refractivity (Wildman–Crippen MR) is 69.0 cm³/mol. The van der Waals surface area contributed by atoms with Crippen LogP contribution in [0.5, 0.6) is 0 Å². The third-order valence-corrected chi connectivity index (χ3v) is 4.89. The average Bonchev–Trinajstić information content (AvgIpc) is 2.27. The lowest BCUT2D eigenvalue weighted by atomic mass is 9.90. The molecule has 0 amide bonds. The molecule has 1 rings (SSSR count). The second kappa shape index (κ2) is 5.52. The summed E-state index contributed by atoms with van der Waals surface area (Å²) in [6.45, 7) is 5.30. The highest BCUT2D eigenvalue weighted by molar-refractivity contribution is 7.89. The molecule has 0 spiro atoms. The van der Waals surface area contributed by atoms with Gasteiger partial charge in [-0.25, -0.2) is 21.9 Å². The van der Waals surface area contributed by atoms with Gasteiger partial charge in [0.1, 0.15) is 16.5 Å². The van der Waals surface area contributed by atoms with E-state index < -0.39 is 32.1 Å². The molecule has 3 N–H and O–H groups in total. The largest absolute Gasteiger partial charge is 0.329 e. The molecule has 1 unspecified atom stereocenters. The molecule has 0 aliphatic rings. The van der Waals surface area contributed by atoms with E-state index in [4.69, 9.17) is 5.73 Å². The second-order valence-corrected chi connectivity index (χ2v) is 6.61. The van der Waals surface area contributed by atoms with Gasteiger partial charge in [0, 0.05) is 18.2 Å². The smallest absolute Gasteiger partial charge is 0.244 e. The van der Waals surface area contributed by atoms with Crippen molar-refractivity contribution in [2.45, 2.75) is 31.2 Å².